The number of thiazole rings is 1. The second-order valence-corrected chi connectivity index (χ2v) is 9.40. The van der Waals surface area contributed by atoms with Gasteiger partial charge in [0.25, 0.3) is 0 Å². The maximum Gasteiger partial charge on any atom is 0.304 e. The summed E-state index contributed by atoms with van der Waals surface area (Å²) < 4.78 is 19.4. The first kappa shape index (κ1) is 23.6. The topological polar surface area (TPSA) is 148 Å². The van der Waals surface area contributed by atoms with E-state index in [-0.39, 0.29) is 4.87 Å². The molecule has 0 aromatic carbocycles. The molecule has 0 saturated carbocycles. The van der Waals surface area contributed by atoms with Crippen LogP contribution >= 0.6 is 23.1 Å². The van der Waals surface area contributed by atoms with Crippen molar-refractivity contribution in [1.29, 1.82) is 5.26 Å². The van der Waals surface area contributed by atoms with Crippen LogP contribution in [0.15, 0.2) is 39.7 Å². The molecule has 2 N–H and O–H groups in total. The number of H-pyrrole nitrogens is 1. The number of ether oxygens (including phenoxy) is 3. The van der Waals surface area contributed by atoms with Crippen LogP contribution in [0.5, 0.6) is 0 Å². The van der Waals surface area contributed by atoms with Crippen molar-refractivity contribution in [1.82, 2.24) is 25.0 Å². The van der Waals surface area contributed by atoms with Gasteiger partial charge in [-0.15, -0.1) is 5.10 Å². The van der Waals surface area contributed by atoms with Crippen molar-refractivity contribution in [2.24, 2.45) is 0 Å². The van der Waals surface area contributed by atoms with Crippen molar-refractivity contribution in [3.05, 3.63) is 45.3 Å². The van der Waals surface area contributed by atoms with E-state index in [1.807, 2.05) is 0 Å². The Morgan fingerprint density at radius 2 is 2.15 bits per heavy atom. The fraction of sp³-hybridized carbons (Fsp3) is 0.450. The maximum absolute atomic E-state index is 11.5. The van der Waals surface area contributed by atoms with Crippen LogP contribution in [0.1, 0.15) is 18.5 Å². The lowest BCUT2D eigenvalue weighted by atomic mass is 9.94. The lowest BCUT2D eigenvalue weighted by Gasteiger charge is -2.46. The minimum Gasteiger partial charge on any atom is -0.391 e. The molecular formula is C20H22N6O5S2. The first-order valence-electron chi connectivity index (χ1n) is 9.96. The summed E-state index contributed by atoms with van der Waals surface area (Å²) in [7, 11) is 3.09. The number of nitrogens with one attached hydrogen (secondary N) is 1. The molecule has 3 aromatic rings. The van der Waals surface area contributed by atoms with Crippen LogP contribution in [0.25, 0.3) is 11.4 Å². The molecule has 33 heavy (non-hydrogen) atoms. The van der Waals surface area contributed by atoms with Gasteiger partial charge >= 0.3 is 4.87 Å². The lowest BCUT2D eigenvalue weighted by Crippen LogP contribution is -2.58. The number of rotatable bonds is 7. The molecule has 1 saturated heterocycles. The summed E-state index contributed by atoms with van der Waals surface area (Å²) in [5.74, 6) is 0. The van der Waals surface area contributed by atoms with Crippen LogP contribution in [-0.2, 0) is 14.2 Å². The molecule has 0 spiro atoms. The average molecular weight is 491 g/mol. The molecule has 1 aliphatic rings. The van der Waals surface area contributed by atoms with E-state index in [4.69, 9.17) is 14.2 Å². The largest absolute Gasteiger partial charge is 0.391 e. The molecule has 1 fully saturated rings. The normalized spacial score (nSPS) is 26.1. The number of nitrogens with zero attached hydrogens (tertiary/aromatic N) is 5. The summed E-state index contributed by atoms with van der Waals surface area (Å²) in [6.07, 6.45) is 2.11. The van der Waals surface area contributed by atoms with Gasteiger partial charge in [0.1, 0.15) is 41.6 Å². The van der Waals surface area contributed by atoms with Crippen molar-refractivity contribution in [2.45, 2.75) is 47.7 Å². The summed E-state index contributed by atoms with van der Waals surface area (Å²) in [5.41, 5.74) is 0.904. The van der Waals surface area contributed by atoms with Crippen molar-refractivity contribution in [2.75, 3.05) is 14.2 Å². The van der Waals surface area contributed by atoms with Gasteiger partial charge in [-0.3, -0.25) is 9.78 Å². The summed E-state index contributed by atoms with van der Waals surface area (Å²) in [6.45, 7) is 1.63. The van der Waals surface area contributed by atoms with Gasteiger partial charge < -0.3 is 24.3 Å². The molecule has 4 rings (SSSR count). The number of hydrogen-bond donors (Lipinski definition) is 2. The van der Waals surface area contributed by atoms with E-state index in [0.717, 1.165) is 16.2 Å². The van der Waals surface area contributed by atoms with Gasteiger partial charge in [0.15, 0.2) is 0 Å². The molecule has 6 atom stereocenters. The van der Waals surface area contributed by atoms with Crippen molar-refractivity contribution >= 4 is 23.1 Å². The van der Waals surface area contributed by atoms with E-state index in [0.29, 0.717) is 17.0 Å². The Morgan fingerprint density at radius 1 is 1.36 bits per heavy atom. The minimum atomic E-state index is -0.849. The minimum absolute atomic E-state index is 0.186. The van der Waals surface area contributed by atoms with Crippen molar-refractivity contribution in [3.63, 3.8) is 0 Å². The van der Waals surface area contributed by atoms with Gasteiger partial charge in [0.2, 0.25) is 0 Å². The Bertz CT molecular complexity index is 1190. The smallest absolute Gasteiger partial charge is 0.304 e. The van der Waals surface area contributed by atoms with E-state index in [1.54, 1.807) is 42.6 Å². The van der Waals surface area contributed by atoms with Gasteiger partial charge in [0, 0.05) is 36.9 Å². The second kappa shape index (κ2) is 10.1. The molecular weight excluding hydrogens is 468 g/mol. The summed E-state index contributed by atoms with van der Waals surface area (Å²) in [5, 5.41) is 29.8. The maximum atomic E-state index is 11.5. The number of methoxy groups -OCH3 is 2. The molecule has 4 heterocycles. The number of nitriles is 1. The Balaban J connectivity index is 1.71. The summed E-state index contributed by atoms with van der Waals surface area (Å²) in [4.78, 5) is 18.9. The highest BCUT2D eigenvalue weighted by Crippen LogP contribution is 2.41. The zero-order valence-corrected chi connectivity index (χ0v) is 19.6. The predicted molar refractivity (Wildman–Crippen MR) is 120 cm³/mol. The fourth-order valence-electron chi connectivity index (χ4n) is 3.79. The van der Waals surface area contributed by atoms with Crippen molar-refractivity contribution in [3.8, 4) is 17.5 Å². The third kappa shape index (κ3) is 4.86. The molecule has 0 radical (unpaired) electrons. The highest BCUT2D eigenvalue weighted by molar-refractivity contribution is 7.99. The highest BCUT2D eigenvalue weighted by atomic mass is 32.2. The number of aromatic amines is 1. The van der Waals surface area contributed by atoms with Gasteiger partial charge in [-0.1, -0.05) is 28.3 Å². The third-order valence-electron chi connectivity index (χ3n) is 5.28. The zero-order valence-electron chi connectivity index (χ0n) is 18.0. The summed E-state index contributed by atoms with van der Waals surface area (Å²) in [6, 6.07) is 3.27. The lowest BCUT2D eigenvalue weighted by molar-refractivity contribution is -0.208. The second-order valence-electron chi connectivity index (χ2n) is 7.39. The van der Waals surface area contributed by atoms with Crippen molar-refractivity contribution < 1.29 is 19.3 Å². The van der Waals surface area contributed by atoms with Gasteiger partial charge in [-0.2, -0.15) is 5.26 Å². The molecule has 174 valence electrons. The highest BCUT2D eigenvalue weighted by Gasteiger charge is 2.50. The average Bonchev–Trinajstić information content (AvgIpc) is 3.47. The molecule has 0 amide bonds. The first-order chi connectivity index (χ1) is 15.9. The number of aromatic nitrogens is 5. The Kier molecular flexibility index (Phi) is 7.23. The Labute approximate surface area is 197 Å². The molecule has 1 aliphatic heterocycles. The van der Waals surface area contributed by atoms with E-state index in [2.05, 4.69) is 26.3 Å². The van der Waals surface area contributed by atoms with Gasteiger partial charge in [-0.05, 0) is 13.0 Å². The zero-order chi connectivity index (χ0) is 23.5. The Hall–Kier alpha value is -2.60. The first-order valence-corrected chi connectivity index (χ1v) is 11.7. The molecule has 13 heteroatoms. The fourth-order valence-corrected chi connectivity index (χ4v) is 5.54. The molecule has 4 unspecified atom stereocenters. The SMILES string of the molecule is COC1C(n2cc(-c3csc(=O)[nH]3)nn2)[C@@H](OC)C(C(C)O)O[C@@H]1Sc1cncc(C#N)c1. The monoisotopic (exact) mass is 490 g/mol. The van der Waals surface area contributed by atoms with E-state index < -0.39 is 35.9 Å². The van der Waals surface area contributed by atoms with E-state index >= 15 is 0 Å². The number of pyridine rings is 1. The molecule has 0 bridgehead atoms. The van der Waals surface area contributed by atoms with Crippen LogP contribution in [0.4, 0.5) is 0 Å². The third-order valence-corrected chi connectivity index (χ3v) is 7.06. The number of hydrogen-bond acceptors (Lipinski definition) is 11. The van der Waals surface area contributed by atoms with Crippen LogP contribution < -0.4 is 4.87 Å². The number of aliphatic hydroxyl groups excluding tert-OH is 1. The van der Waals surface area contributed by atoms with Gasteiger partial charge in [0.05, 0.1) is 23.6 Å². The number of aliphatic hydroxyl groups is 1. The van der Waals surface area contributed by atoms with Crippen LogP contribution in [0.2, 0.25) is 0 Å². The predicted octanol–water partition coefficient (Wildman–Crippen LogP) is 1.43. The van der Waals surface area contributed by atoms with Crippen LogP contribution in [-0.4, -0.2) is 74.1 Å². The Morgan fingerprint density at radius 3 is 2.79 bits per heavy atom. The van der Waals surface area contributed by atoms with E-state index in [9.17, 15) is 15.2 Å². The molecule has 11 nitrogen and oxygen atoms in total. The number of thioether (sulfide) groups is 1. The van der Waals surface area contributed by atoms with Crippen LogP contribution in [0.3, 0.4) is 0 Å². The standard InChI is InChI=1S/C20H22N6O5S2/c1-10(27)16-17(29-2)15(26-8-13(24-25-26)14-9-32-20(28)23-14)18(30-3)19(31-16)33-12-4-11(5-21)6-22-7-12/h4,6-10,15-19,27H,1-3H3,(H,23,28)/t10?,15?,16?,17-,18?,19-/m1/s1. The van der Waals surface area contributed by atoms with Crippen LogP contribution in [0, 0.1) is 11.3 Å². The summed E-state index contributed by atoms with van der Waals surface area (Å²) >= 11 is 2.37. The molecule has 3 aromatic heterocycles. The van der Waals surface area contributed by atoms with E-state index in [1.165, 1.54) is 25.1 Å². The quantitative estimate of drug-likeness (QED) is 0.498. The van der Waals surface area contributed by atoms with Gasteiger partial charge in [-0.25, -0.2) is 4.68 Å². The molecule has 0 aliphatic carbocycles.